The number of nitrogens with two attached hydrogens (primary N) is 2. The van der Waals surface area contributed by atoms with E-state index in [1.807, 2.05) is 0 Å². The Hall–Kier alpha value is -2.44. The van der Waals surface area contributed by atoms with E-state index in [2.05, 4.69) is 5.10 Å². The Morgan fingerprint density at radius 3 is 2.35 bits per heavy atom. The molecule has 0 saturated carbocycles. The van der Waals surface area contributed by atoms with Gasteiger partial charge in [-0.05, 0) is 0 Å². The maximum atomic E-state index is 11.2. The minimum atomic E-state index is 0.204. The van der Waals surface area contributed by atoms with E-state index in [1.54, 1.807) is 6.07 Å². The van der Waals surface area contributed by atoms with Gasteiger partial charge in [-0.2, -0.15) is 0 Å². The van der Waals surface area contributed by atoms with Gasteiger partial charge in [-0.15, -0.1) is 0 Å². The highest BCUT2D eigenvalue weighted by Crippen LogP contribution is 2.42. The van der Waals surface area contributed by atoms with Crippen LogP contribution in [-0.4, -0.2) is 19.3 Å². The molecule has 0 fully saturated rings. The number of hydrogen-bond acceptors (Lipinski definition) is 6. The number of ether oxygens (including phenoxy) is 2. The van der Waals surface area contributed by atoms with Crippen molar-refractivity contribution in [2.75, 3.05) is 25.7 Å². The number of nitrogen functional groups attached to an aromatic ring is 2. The van der Waals surface area contributed by atoms with E-state index in [1.165, 1.54) is 20.4 Å². The van der Waals surface area contributed by atoms with E-state index in [0.717, 1.165) is 0 Å². The van der Waals surface area contributed by atoms with Gasteiger partial charge in [-0.25, -0.2) is 0 Å². The second kappa shape index (κ2) is 3.85. The first-order chi connectivity index (χ1) is 8.10. The van der Waals surface area contributed by atoms with Crippen LogP contribution in [0.1, 0.15) is 0 Å². The first-order valence-electron chi connectivity index (χ1n) is 4.79. The Labute approximate surface area is 97.1 Å². The lowest BCUT2D eigenvalue weighted by Crippen LogP contribution is -2.30. The lowest BCUT2D eigenvalue weighted by Gasteiger charge is -2.13. The van der Waals surface area contributed by atoms with Gasteiger partial charge in [0.15, 0.2) is 17.0 Å². The van der Waals surface area contributed by atoms with Crippen LogP contribution < -0.4 is 25.8 Å². The Balaban J connectivity index is 2.96. The van der Waals surface area contributed by atoms with E-state index < -0.39 is 0 Å². The quantitative estimate of drug-likeness (QED) is 0.433. The van der Waals surface area contributed by atoms with Gasteiger partial charge < -0.3 is 26.1 Å². The summed E-state index contributed by atoms with van der Waals surface area (Å²) in [6.07, 6.45) is 1.25. The molecule has 2 aromatic rings. The monoisotopic (exact) mass is 236 g/mol. The zero-order valence-electron chi connectivity index (χ0n) is 9.43. The fraction of sp³-hybridized carbons (Fsp3) is 0.200. The van der Waals surface area contributed by atoms with Crippen molar-refractivity contribution in [3.8, 4) is 11.5 Å². The molecule has 0 amide bonds. The minimum Gasteiger partial charge on any atom is -0.594 e. The summed E-state index contributed by atoms with van der Waals surface area (Å²) in [6, 6.07) is 1.55. The molecule has 7 nitrogen and oxygen atoms in total. The van der Waals surface area contributed by atoms with Crippen LogP contribution in [0.4, 0.5) is 11.4 Å². The number of fused-ring (bicyclic) bond motifs is 1. The highest BCUT2D eigenvalue weighted by molar-refractivity contribution is 6.01. The standard InChI is InChI=1S/C10H12N4O3/c1-16-9-5-3-4-14(15)13-8(5)10(17-2)7(12)6(9)11/h3-4H,11-12H2,1-2H3. The van der Waals surface area contributed by atoms with Crippen molar-refractivity contribution in [2.45, 2.75) is 0 Å². The largest absolute Gasteiger partial charge is 0.594 e. The molecule has 2 rings (SSSR count). The molecular weight excluding hydrogens is 224 g/mol. The van der Waals surface area contributed by atoms with Crippen molar-refractivity contribution >= 4 is 22.3 Å². The van der Waals surface area contributed by atoms with Crippen LogP contribution in [-0.2, 0) is 0 Å². The third-order valence-corrected chi connectivity index (χ3v) is 2.47. The SMILES string of the molecule is COc1c(N)c(N)c(OC)c2n[n+]([O-])ccc12. The molecule has 1 heterocycles. The Kier molecular flexibility index (Phi) is 2.51. The number of rotatable bonds is 2. The fourth-order valence-electron chi connectivity index (χ4n) is 1.70. The van der Waals surface area contributed by atoms with E-state index >= 15 is 0 Å². The summed E-state index contributed by atoms with van der Waals surface area (Å²) in [4.78, 5) is 0.417. The molecule has 0 aliphatic carbocycles. The van der Waals surface area contributed by atoms with Crippen LogP contribution in [0.2, 0.25) is 0 Å². The highest BCUT2D eigenvalue weighted by atomic mass is 16.5. The number of aromatic nitrogens is 2. The molecule has 90 valence electrons. The van der Waals surface area contributed by atoms with Crippen molar-refractivity contribution in [3.63, 3.8) is 0 Å². The maximum absolute atomic E-state index is 11.2. The van der Waals surface area contributed by atoms with Crippen LogP contribution in [0.25, 0.3) is 10.9 Å². The molecule has 0 bridgehead atoms. The second-order valence-corrected chi connectivity index (χ2v) is 3.37. The van der Waals surface area contributed by atoms with Crippen LogP contribution >= 0.6 is 0 Å². The molecule has 0 aliphatic heterocycles. The van der Waals surface area contributed by atoms with Gasteiger partial charge in [0, 0.05) is 11.2 Å². The first kappa shape index (κ1) is 11.1. The molecule has 0 saturated heterocycles. The summed E-state index contributed by atoms with van der Waals surface area (Å²) in [5.74, 6) is 0.648. The molecule has 0 spiro atoms. The normalized spacial score (nSPS) is 10.5. The van der Waals surface area contributed by atoms with Crippen LogP contribution in [0.15, 0.2) is 12.3 Å². The smallest absolute Gasteiger partial charge is 0.210 e. The van der Waals surface area contributed by atoms with Crippen LogP contribution in [0.3, 0.4) is 0 Å². The molecule has 17 heavy (non-hydrogen) atoms. The predicted octanol–water partition coefficient (Wildman–Crippen LogP) is 0.0498. The third-order valence-electron chi connectivity index (χ3n) is 2.47. The second-order valence-electron chi connectivity index (χ2n) is 3.37. The van der Waals surface area contributed by atoms with E-state index in [-0.39, 0.29) is 17.1 Å². The van der Waals surface area contributed by atoms with Gasteiger partial charge in [0.25, 0.3) is 0 Å². The average Bonchev–Trinajstić information content (AvgIpc) is 2.32. The number of nitrogens with zero attached hydrogens (tertiary/aromatic N) is 2. The predicted molar refractivity (Wildman–Crippen MR) is 62.6 cm³/mol. The Morgan fingerprint density at radius 2 is 1.76 bits per heavy atom. The average molecular weight is 236 g/mol. The number of methoxy groups -OCH3 is 2. The third kappa shape index (κ3) is 1.52. The molecule has 1 aromatic carbocycles. The van der Waals surface area contributed by atoms with Gasteiger partial charge >= 0.3 is 0 Å². The molecule has 0 radical (unpaired) electrons. The zero-order chi connectivity index (χ0) is 12.6. The van der Waals surface area contributed by atoms with Crippen molar-refractivity contribution < 1.29 is 14.3 Å². The van der Waals surface area contributed by atoms with Gasteiger partial charge in [-0.1, -0.05) is 4.85 Å². The number of benzene rings is 1. The molecule has 0 atom stereocenters. The summed E-state index contributed by atoms with van der Waals surface area (Å²) in [5.41, 5.74) is 12.4. The van der Waals surface area contributed by atoms with Crippen molar-refractivity contribution in [3.05, 3.63) is 17.5 Å². The van der Waals surface area contributed by atoms with Gasteiger partial charge in [0.05, 0.1) is 19.6 Å². The molecular formula is C10H12N4O3. The maximum Gasteiger partial charge on any atom is 0.210 e. The van der Waals surface area contributed by atoms with E-state index in [4.69, 9.17) is 20.9 Å². The lowest BCUT2D eigenvalue weighted by atomic mass is 10.1. The summed E-state index contributed by atoms with van der Waals surface area (Å²) in [6.45, 7) is 0. The number of hydrogen-bond donors (Lipinski definition) is 2. The Bertz CT molecular complexity index is 586. The summed E-state index contributed by atoms with van der Waals surface area (Å²) in [5, 5.41) is 15.5. The molecule has 4 N–H and O–H groups in total. The van der Waals surface area contributed by atoms with Gasteiger partial charge in [0.2, 0.25) is 6.20 Å². The van der Waals surface area contributed by atoms with Crippen LogP contribution in [0.5, 0.6) is 11.5 Å². The Morgan fingerprint density at radius 1 is 1.18 bits per heavy atom. The van der Waals surface area contributed by atoms with Crippen molar-refractivity contribution in [2.24, 2.45) is 0 Å². The van der Waals surface area contributed by atoms with E-state index in [9.17, 15) is 5.21 Å². The minimum absolute atomic E-state index is 0.204. The zero-order valence-corrected chi connectivity index (χ0v) is 9.43. The van der Waals surface area contributed by atoms with Gasteiger partial charge in [-0.3, -0.25) is 0 Å². The van der Waals surface area contributed by atoms with E-state index in [0.29, 0.717) is 21.5 Å². The lowest BCUT2D eigenvalue weighted by molar-refractivity contribution is -0.666. The van der Waals surface area contributed by atoms with Crippen LogP contribution in [0, 0.1) is 5.21 Å². The highest BCUT2D eigenvalue weighted by Gasteiger charge is 2.20. The molecule has 7 heteroatoms. The summed E-state index contributed by atoms with van der Waals surface area (Å²) >= 11 is 0. The summed E-state index contributed by atoms with van der Waals surface area (Å²) < 4.78 is 10.3. The molecule has 0 aliphatic rings. The molecule has 1 aromatic heterocycles. The summed E-state index contributed by atoms with van der Waals surface area (Å²) in [7, 11) is 2.90. The topological polar surface area (TPSA) is 110 Å². The van der Waals surface area contributed by atoms with Crippen molar-refractivity contribution in [1.82, 2.24) is 5.10 Å². The first-order valence-corrected chi connectivity index (χ1v) is 4.79. The fourth-order valence-corrected chi connectivity index (χ4v) is 1.70. The number of anilines is 2. The van der Waals surface area contributed by atoms with Crippen molar-refractivity contribution in [1.29, 1.82) is 0 Å². The van der Waals surface area contributed by atoms with Gasteiger partial charge in [0.1, 0.15) is 11.4 Å². The molecule has 0 unspecified atom stereocenters.